The number of aliphatic carboxylic acids is 2. The molecule has 0 fully saturated rings. The van der Waals surface area contributed by atoms with Crippen molar-refractivity contribution in [3.63, 3.8) is 0 Å². The summed E-state index contributed by atoms with van der Waals surface area (Å²) in [7, 11) is 0. The van der Waals surface area contributed by atoms with E-state index in [9.17, 15) is 14.4 Å². The molecule has 0 radical (unpaired) electrons. The van der Waals surface area contributed by atoms with Crippen LogP contribution in [0.25, 0.3) is 0 Å². The molecular weight excluding hydrogens is 252 g/mol. The third kappa shape index (κ3) is 7.23. The van der Waals surface area contributed by atoms with Gasteiger partial charge in [-0.3, -0.25) is 9.59 Å². The molecule has 0 aromatic carbocycles. The number of rotatable bonds is 10. The van der Waals surface area contributed by atoms with Gasteiger partial charge in [0.05, 0.1) is 18.9 Å². The summed E-state index contributed by atoms with van der Waals surface area (Å²) >= 11 is 0. The van der Waals surface area contributed by atoms with E-state index < -0.39 is 35.8 Å². The van der Waals surface area contributed by atoms with Crippen molar-refractivity contribution < 1.29 is 29.3 Å². The van der Waals surface area contributed by atoms with Crippen LogP contribution in [0.3, 0.4) is 0 Å². The highest BCUT2D eigenvalue weighted by atomic mass is 16.5. The van der Waals surface area contributed by atoms with Crippen molar-refractivity contribution in [3.05, 3.63) is 12.2 Å². The van der Waals surface area contributed by atoms with Gasteiger partial charge in [0, 0.05) is 5.57 Å². The van der Waals surface area contributed by atoms with E-state index in [-0.39, 0.29) is 6.61 Å². The van der Waals surface area contributed by atoms with Crippen LogP contribution in [0.5, 0.6) is 0 Å². The van der Waals surface area contributed by atoms with E-state index in [0.29, 0.717) is 0 Å². The molecule has 2 N–H and O–H groups in total. The van der Waals surface area contributed by atoms with Gasteiger partial charge in [-0.2, -0.15) is 0 Å². The van der Waals surface area contributed by atoms with Crippen molar-refractivity contribution in [2.24, 2.45) is 5.92 Å². The predicted molar refractivity (Wildman–Crippen MR) is 67.6 cm³/mol. The number of carbonyl (C=O) groups is 3. The summed E-state index contributed by atoms with van der Waals surface area (Å²) in [5.74, 6) is -4.98. The fourth-order valence-corrected chi connectivity index (χ4v) is 1.45. The van der Waals surface area contributed by atoms with Crippen LogP contribution in [-0.2, 0) is 19.1 Å². The monoisotopic (exact) mass is 272 g/mol. The predicted octanol–water partition coefficient (Wildman–Crippen LogP) is 1.84. The topological polar surface area (TPSA) is 101 Å². The van der Waals surface area contributed by atoms with Gasteiger partial charge in [-0.15, -0.1) is 0 Å². The fourth-order valence-electron chi connectivity index (χ4n) is 1.45. The average molecular weight is 272 g/mol. The number of carbonyl (C=O) groups excluding carboxylic acids is 1. The first-order chi connectivity index (χ1) is 8.90. The Morgan fingerprint density at radius 3 is 2.26 bits per heavy atom. The zero-order valence-corrected chi connectivity index (χ0v) is 11.1. The van der Waals surface area contributed by atoms with Crippen molar-refractivity contribution in [1.82, 2.24) is 0 Å². The normalized spacial score (nSPS) is 11.6. The molecule has 19 heavy (non-hydrogen) atoms. The summed E-state index contributed by atoms with van der Waals surface area (Å²) in [6.07, 6.45) is 3.26. The van der Waals surface area contributed by atoms with Gasteiger partial charge in [0.25, 0.3) is 0 Å². The molecule has 0 aliphatic carbocycles. The number of ether oxygens (including phenoxy) is 1. The Morgan fingerprint density at radius 2 is 1.79 bits per heavy atom. The van der Waals surface area contributed by atoms with E-state index in [1.165, 1.54) is 0 Å². The largest absolute Gasteiger partial charge is 0.481 e. The van der Waals surface area contributed by atoms with E-state index >= 15 is 0 Å². The molecule has 0 heterocycles. The summed E-state index contributed by atoms with van der Waals surface area (Å²) in [6, 6.07) is 0. The third-order valence-corrected chi connectivity index (χ3v) is 2.63. The van der Waals surface area contributed by atoms with Crippen molar-refractivity contribution in [2.45, 2.75) is 39.0 Å². The highest BCUT2D eigenvalue weighted by Crippen LogP contribution is 2.15. The second-order valence-electron chi connectivity index (χ2n) is 4.21. The lowest BCUT2D eigenvalue weighted by atomic mass is 9.97. The van der Waals surface area contributed by atoms with E-state index in [2.05, 4.69) is 13.5 Å². The molecule has 0 bridgehead atoms. The van der Waals surface area contributed by atoms with Gasteiger partial charge in [0.15, 0.2) is 0 Å². The molecule has 0 aliphatic heterocycles. The number of carboxylic acids is 2. The first kappa shape index (κ1) is 17.2. The molecule has 0 aromatic heterocycles. The second-order valence-corrected chi connectivity index (χ2v) is 4.21. The molecule has 6 nitrogen and oxygen atoms in total. The van der Waals surface area contributed by atoms with Gasteiger partial charge in [-0.05, 0) is 6.42 Å². The van der Waals surface area contributed by atoms with Gasteiger partial charge < -0.3 is 14.9 Å². The Kier molecular flexibility index (Phi) is 8.24. The van der Waals surface area contributed by atoms with E-state index in [1.807, 2.05) is 0 Å². The molecule has 0 aromatic rings. The Balaban J connectivity index is 4.15. The summed E-state index contributed by atoms with van der Waals surface area (Å²) in [5.41, 5.74) is -0.518. The minimum Gasteiger partial charge on any atom is -0.481 e. The molecule has 0 saturated heterocycles. The highest BCUT2D eigenvalue weighted by Gasteiger charge is 2.28. The Morgan fingerprint density at radius 1 is 1.16 bits per heavy atom. The van der Waals surface area contributed by atoms with Crippen LogP contribution < -0.4 is 0 Å². The van der Waals surface area contributed by atoms with E-state index in [4.69, 9.17) is 14.9 Å². The van der Waals surface area contributed by atoms with Crippen LogP contribution in [0, 0.1) is 5.92 Å². The maximum absolute atomic E-state index is 11.4. The summed E-state index contributed by atoms with van der Waals surface area (Å²) in [5, 5.41) is 17.5. The first-order valence-corrected chi connectivity index (χ1v) is 6.20. The standard InChI is InChI=1S/C13H20O6/c1-3-4-5-6-7-19-11(14)8-10(13(17)18)9(2)12(15)16/h10H,2-8H2,1H3,(H,15,16)(H,17,18). The number of hydrogen-bond acceptors (Lipinski definition) is 4. The summed E-state index contributed by atoms with van der Waals surface area (Å²) < 4.78 is 4.86. The zero-order chi connectivity index (χ0) is 14.8. The van der Waals surface area contributed by atoms with Crippen LogP contribution in [0.2, 0.25) is 0 Å². The van der Waals surface area contributed by atoms with E-state index in [0.717, 1.165) is 25.7 Å². The number of hydrogen-bond donors (Lipinski definition) is 2. The number of unbranched alkanes of at least 4 members (excludes halogenated alkanes) is 3. The maximum atomic E-state index is 11.4. The minimum atomic E-state index is -1.44. The summed E-state index contributed by atoms with van der Waals surface area (Å²) in [4.78, 5) is 32.9. The van der Waals surface area contributed by atoms with Crippen LogP contribution >= 0.6 is 0 Å². The van der Waals surface area contributed by atoms with Gasteiger partial charge in [-0.25, -0.2) is 4.79 Å². The lowest BCUT2D eigenvalue weighted by molar-refractivity contribution is -0.151. The van der Waals surface area contributed by atoms with Gasteiger partial charge in [-0.1, -0.05) is 32.8 Å². The van der Waals surface area contributed by atoms with Crippen molar-refractivity contribution in [2.75, 3.05) is 6.61 Å². The van der Waals surface area contributed by atoms with Gasteiger partial charge >= 0.3 is 17.9 Å². The highest BCUT2D eigenvalue weighted by molar-refractivity contribution is 5.95. The molecule has 108 valence electrons. The SMILES string of the molecule is C=C(C(=O)O)C(CC(=O)OCCCCCC)C(=O)O. The van der Waals surface area contributed by atoms with Crippen LogP contribution in [-0.4, -0.2) is 34.7 Å². The van der Waals surface area contributed by atoms with Crippen LogP contribution in [0.1, 0.15) is 39.0 Å². The molecule has 1 atom stereocenters. The minimum absolute atomic E-state index is 0.227. The smallest absolute Gasteiger partial charge is 0.331 e. The van der Waals surface area contributed by atoms with Crippen molar-refractivity contribution in [3.8, 4) is 0 Å². The second kappa shape index (κ2) is 9.13. The quantitative estimate of drug-likeness (QED) is 0.357. The first-order valence-electron chi connectivity index (χ1n) is 6.20. The molecule has 6 heteroatoms. The Bertz CT molecular complexity index is 347. The fraction of sp³-hybridized carbons (Fsp3) is 0.615. The lowest BCUT2D eigenvalue weighted by Crippen LogP contribution is -2.24. The molecule has 0 amide bonds. The Labute approximate surface area is 112 Å². The number of carboxylic acid groups (broad SMARTS) is 2. The van der Waals surface area contributed by atoms with Gasteiger partial charge in [0.1, 0.15) is 0 Å². The zero-order valence-electron chi connectivity index (χ0n) is 11.1. The molecule has 0 spiro atoms. The third-order valence-electron chi connectivity index (χ3n) is 2.63. The average Bonchev–Trinajstić information content (AvgIpc) is 2.34. The van der Waals surface area contributed by atoms with E-state index in [1.54, 1.807) is 0 Å². The Hall–Kier alpha value is -1.85. The maximum Gasteiger partial charge on any atom is 0.331 e. The van der Waals surface area contributed by atoms with Crippen LogP contribution in [0.15, 0.2) is 12.2 Å². The van der Waals surface area contributed by atoms with Crippen LogP contribution in [0.4, 0.5) is 0 Å². The lowest BCUT2D eigenvalue weighted by Gasteiger charge is -2.11. The molecule has 0 saturated carbocycles. The van der Waals surface area contributed by atoms with Gasteiger partial charge in [0.2, 0.25) is 0 Å². The van der Waals surface area contributed by atoms with Crippen molar-refractivity contribution >= 4 is 17.9 Å². The van der Waals surface area contributed by atoms with Crippen molar-refractivity contribution in [1.29, 1.82) is 0 Å². The number of esters is 1. The molecule has 0 aliphatic rings. The molecule has 1 unspecified atom stereocenters. The molecular formula is C13H20O6. The molecule has 0 rings (SSSR count). The summed E-state index contributed by atoms with van der Waals surface area (Å²) in [6.45, 7) is 5.44.